The molecular formula is C20H27N5O5S. The van der Waals surface area contributed by atoms with E-state index < -0.39 is 10.0 Å². The molecule has 0 bridgehead atoms. The summed E-state index contributed by atoms with van der Waals surface area (Å²) in [5.74, 6) is 1.03. The molecule has 31 heavy (non-hydrogen) atoms. The van der Waals surface area contributed by atoms with Gasteiger partial charge in [0, 0.05) is 45.1 Å². The number of carbonyl (C=O) groups excluding carboxylic acids is 1. The van der Waals surface area contributed by atoms with Crippen LogP contribution in [0.25, 0.3) is 0 Å². The number of rotatable bonds is 9. The van der Waals surface area contributed by atoms with Crippen molar-refractivity contribution >= 4 is 21.9 Å². The maximum absolute atomic E-state index is 12.7. The number of nitrogens with zero attached hydrogens (tertiary/aromatic N) is 4. The molecule has 1 N–H and O–H groups in total. The van der Waals surface area contributed by atoms with Gasteiger partial charge in [0.05, 0.1) is 25.5 Å². The first-order valence-electron chi connectivity index (χ1n) is 9.95. The molecule has 0 atom stereocenters. The number of carbonyl (C=O) groups is 1. The molecule has 1 aliphatic rings. The standard InChI is InChI=1S/C20H27N5O5S/c1-29-17-7-3-6-16(18(17)30-2)19(26)21-10-5-15-31(27,28)25-13-11-24(12-14-25)20-22-8-4-9-23-20/h3-4,6-9H,5,10-15H2,1-2H3,(H,21,26). The number of amides is 1. The Kier molecular flexibility index (Phi) is 7.64. The molecule has 10 nitrogen and oxygen atoms in total. The van der Waals surface area contributed by atoms with Crippen LogP contribution in [0.15, 0.2) is 36.7 Å². The Morgan fingerprint density at radius 2 is 1.77 bits per heavy atom. The fourth-order valence-corrected chi connectivity index (χ4v) is 4.85. The highest BCUT2D eigenvalue weighted by atomic mass is 32.2. The highest BCUT2D eigenvalue weighted by Gasteiger charge is 2.27. The van der Waals surface area contributed by atoms with Gasteiger partial charge in [-0.1, -0.05) is 6.07 Å². The minimum atomic E-state index is -3.41. The Morgan fingerprint density at radius 3 is 2.42 bits per heavy atom. The zero-order valence-electron chi connectivity index (χ0n) is 17.7. The zero-order chi connectivity index (χ0) is 22.3. The summed E-state index contributed by atoms with van der Waals surface area (Å²) in [6.07, 6.45) is 3.64. The summed E-state index contributed by atoms with van der Waals surface area (Å²) in [7, 11) is -0.445. The first-order chi connectivity index (χ1) is 15.0. The normalized spacial score (nSPS) is 14.8. The van der Waals surface area contributed by atoms with Gasteiger partial charge >= 0.3 is 0 Å². The molecule has 1 saturated heterocycles. The van der Waals surface area contributed by atoms with Crippen molar-refractivity contribution in [1.82, 2.24) is 19.6 Å². The van der Waals surface area contributed by atoms with E-state index in [4.69, 9.17) is 9.47 Å². The smallest absolute Gasteiger partial charge is 0.255 e. The Labute approximate surface area is 182 Å². The third-order valence-corrected chi connectivity index (χ3v) is 6.94. The van der Waals surface area contributed by atoms with Gasteiger partial charge in [0.2, 0.25) is 16.0 Å². The molecule has 0 saturated carbocycles. The number of ether oxygens (including phenoxy) is 2. The predicted molar refractivity (Wildman–Crippen MR) is 116 cm³/mol. The molecule has 2 aromatic rings. The topological polar surface area (TPSA) is 114 Å². The number of nitrogens with one attached hydrogen (secondary N) is 1. The van der Waals surface area contributed by atoms with Crippen molar-refractivity contribution in [3.63, 3.8) is 0 Å². The third kappa shape index (κ3) is 5.61. The van der Waals surface area contributed by atoms with Crippen molar-refractivity contribution in [1.29, 1.82) is 0 Å². The van der Waals surface area contributed by atoms with E-state index in [1.54, 1.807) is 36.7 Å². The highest BCUT2D eigenvalue weighted by Crippen LogP contribution is 2.30. The molecule has 1 amide bonds. The fourth-order valence-electron chi connectivity index (χ4n) is 3.37. The maximum atomic E-state index is 12.7. The summed E-state index contributed by atoms with van der Waals surface area (Å²) in [5.41, 5.74) is 0.337. The lowest BCUT2D eigenvalue weighted by Gasteiger charge is -2.33. The molecule has 1 aromatic carbocycles. The highest BCUT2D eigenvalue weighted by molar-refractivity contribution is 7.89. The molecule has 0 aliphatic carbocycles. The van der Waals surface area contributed by atoms with Crippen LogP contribution in [-0.4, -0.2) is 81.3 Å². The minimum Gasteiger partial charge on any atom is -0.493 e. The van der Waals surface area contributed by atoms with Crippen molar-refractivity contribution < 1.29 is 22.7 Å². The molecule has 168 valence electrons. The van der Waals surface area contributed by atoms with Crippen molar-refractivity contribution in [2.45, 2.75) is 6.42 Å². The average molecular weight is 450 g/mol. The monoisotopic (exact) mass is 449 g/mol. The number of anilines is 1. The maximum Gasteiger partial charge on any atom is 0.255 e. The van der Waals surface area contributed by atoms with Crippen LogP contribution in [0.3, 0.4) is 0 Å². The molecule has 3 rings (SSSR count). The number of hydrogen-bond acceptors (Lipinski definition) is 8. The number of hydrogen-bond donors (Lipinski definition) is 1. The Balaban J connectivity index is 1.47. The zero-order valence-corrected chi connectivity index (χ0v) is 18.5. The van der Waals surface area contributed by atoms with Gasteiger partial charge in [-0.15, -0.1) is 0 Å². The summed E-state index contributed by atoms with van der Waals surface area (Å²) in [6, 6.07) is 6.77. The van der Waals surface area contributed by atoms with E-state index in [1.165, 1.54) is 18.5 Å². The third-order valence-electron chi connectivity index (χ3n) is 4.98. The van der Waals surface area contributed by atoms with Gasteiger partial charge < -0.3 is 19.7 Å². The molecule has 0 unspecified atom stereocenters. The lowest BCUT2D eigenvalue weighted by Crippen LogP contribution is -2.49. The van der Waals surface area contributed by atoms with Crippen LogP contribution in [0.4, 0.5) is 5.95 Å². The number of piperazine rings is 1. The second kappa shape index (κ2) is 10.4. The number of aromatic nitrogens is 2. The van der Waals surface area contributed by atoms with Gasteiger partial charge in [-0.3, -0.25) is 4.79 Å². The number of para-hydroxylation sites is 1. The molecule has 1 aliphatic heterocycles. The second-order valence-electron chi connectivity index (χ2n) is 6.90. The Morgan fingerprint density at radius 1 is 1.06 bits per heavy atom. The van der Waals surface area contributed by atoms with Crippen LogP contribution in [-0.2, 0) is 10.0 Å². The van der Waals surface area contributed by atoms with E-state index in [9.17, 15) is 13.2 Å². The van der Waals surface area contributed by atoms with E-state index in [2.05, 4.69) is 15.3 Å². The minimum absolute atomic E-state index is 0.0373. The summed E-state index contributed by atoms with van der Waals surface area (Å²) >= 11 is 0. The van der Waals surface area contributed by atoms with Gasteiger partial charge in [0.15, 0.2) is 11.5 Å². The molecule has 2 heterocycles. The van der Waals surface area contributed by atoms with Crippen LogP contribution >= 0.6 is 0 Å². The summed E-state index contributed by atoms with van der Waals surface area (Å²) in [6.45, 7) is 2.07. The SMILES string of the molecule is COc1cccc(C(=O)NCCCS(=O)(=O)N2CCN(c3ncccn3)CC2)c1OC. The van der Waals surface area contributed by atoms with Gasteiger partial charge in [0.25, 0.3) is 5.91 Å². The molecule has 1 fully saturated rings. The van der Waals surface area contributed by atoms with Gasteiger partial charge in [-0.05, 0) is 24.6 Å². The van der Waals surface area contributed by atoms with Crippen LogP contribution < -0.4 is 19.7 Å². The number of methoxy groups -OCH3 is 2. The van der Waals surface area contributed by atoms with E-state index in [0.29, 0.717) is 55.6 Å². The lowest BCUT2D eigenvalue weighted by molar-refractivity contribution is 0.0950. The van der Waals surface area contributed by atoms with Gasteiger partial charge in [-0.2, -0.15) is 4.31 Å². The van der Waals surface area contributed by atoms with Crippen molar-refractivity contribution in [3.05, 3.63) is 42.2 Å². The Bertz CT molecular complexity index is 979. The molecule has 0 spiro atoms. The number of benzene rings is 1. The largest absolute Gasteiger partial charge is 0.493 e. The van der Waals surface area contributed by atoms with E-state index in [1.807, 2.05) is 4.90 Å². The molecule has 0 radical (unpaired) electrons. The van der Waals surface area contributed by atoms with Crippen LogP contribution in [0, 0.1) is 0 Å². The summed E-state index contributed by atoms with van der Waals surface area (Å²) in [5, 5.41) is 2.75. The second-order valence-corrected chi connectivity index (χ2v) is 8.99. The number of sulfonamides is 1. The van der Waals surface area contributed by atoms with Crippen LogP contribution in [0.2, 0.25) is 0 Å². The quantitative estimate of drug-likeness (QED) is 0.559. The van der Waals surface area contributed by atoms with Crippen molar-refractivity contribution in [2.75, 3.05) is 57.6 Å². The lowest BCUT2D eigenvalue weighted by atomic mass is 10.1. The predicted octanol–water partition coefficient (Wildman–Crippen LogP) is 0.766. The first-order valence-corrected chi connectivity index (χ1v) is 11.6. The molecule has 11 heteroatoms. The fraction of sp³-hybridized carbons (Fsp3) is 0.450. The van der Waals surface area contributed by atoms with Gasteiger partial charge in [0.1, 0.15) is 0 Å². The molecule has 1 aromatic heterocycles. The van der Waals surface area contributed by atoms with Crippen LogP contribution in [0.5, 0.6) is 11.5 Å². The summed E-state index contributed by atoms with van der Waals surface area (Å²) in [4.78, 5) is 22.8. The first kappa shape index (κ1) is 22.8. The summed E-state index contributed by atoms with van der Waals surface area (Å²) < 4.78 is 37.3. The van der Waals surface area contributed by atoms with E-state index in [-0.39, 0.29) is 18.2 Å². The van der Waals surface area contributed by atoms with Crippen molar-refractivity contribution in [3.8, 4) is 11.5 Å². The average Bonchev–Trinajstić information content (AvgIpc) is 2.81. The molecular weight excluding hydrogens is 422 g/mol. The van der Waals surface area contributed by atoms with E-state index >= 15 is 0 Å². The van der Waals surface area contributed by atoms with E-state index in [0.717, 1.165) is 0 Å². The van der Waals surface area contributed by atoms with Crippen molar-refractivity contribution in [2.24, 2.45) is 0 Å². The van der Waals surface area contributed by atoms with Gasteiger partial charge in [-0.25, -0.2) is 18.4 Å². The Hall–Kier alpha value is -2.92. The van der Waals surface area contributed by atoms with Crippen LogP contribution in [0.1, 0.15) is 16.8 Å².